The fourth-order valence-electron chi connectivity index (χ4n) is 2.14. The van der Waals surface area contributed by atoms with Gasteiger partial charge in [0.15, 0.2) is 0 Å². The number of hydrogen-bond donors (Lipinski definition) is 1. The molecule has 0 radical (unpaired) electrons. The van der Waals surface area contributed by atoms with E-state index in [1.807, 2.05) is 24.3 Å². The lowest BCUT2D eigenvalue weighted by molar-refractivity contribution is 0.102. The van der Waals surface area contributed by atoms with Gasteiger partial charge >= 0.3 is 6.01 Å². The Kier molecular flexibility index (Phi) is 5.55. The predicted octanol–water partition coefficient (Wildman–Crippen LogP) is 5.25. The van der Waals surface area contributed by atoms with Crippen LogP contribution < -0.4 is 5.32 Å². The second-order valence-corrected chi connectivity index (χ2v) is 8.13. The third-order valence-electron chi connectivity index (χ3n) is 3.20. The lowest BCUT2D eigenvalue weighted by Crippen LogP contribution is -2.11. The maximum absolute atomic E-state index is 12.2. The smallest absolute Gasteiger partial charge is 0.322 e. The van der Waals surface area contributed by atoms with Crippen molar-refractivity contribution >= 4 is 39.6 Å². The Bertz CT molecular complexity index is 878. The number of rotatable bonds is 5. The molecule has 3 aromatic rings. The molecule has 128 valence electrons. The molecule has 0 saturated carbocycles. The van der Waals surface area contributed by atoms with Gasteiger partial charge in [0, 0.05) is 25.7 Å². The first kappa shape index (κ1) is 17.7. The summed E-state index contributed by atoms with van der Waals surface area (Å²) >= 11 is 5.10. The minimum Gasteiger partial charge on any atom is -0.403 e. The van der Waals surface area contributed by atoms with Gasteiger partial charge in [-0.2, -0.15) is 0 Å². The largest absolute Gasteiger partial charge is 0.403 e. The number of thioether (sulfide) groups is 1. The van der Waals surface area contributed by atoms with Gasteiger partial charge in [-0.3, -0.25) is 10.1 Å². The fraction of sp³-hybridized carbons (Fsp3) is 0.167. The molecule has 25 heavy (non-hydrogen) atoms. The highest BCUT2D eigenvalue weighted by molar-refractivity contribution is 9.10. The van der Waals surface area contributed by atoms with Crippen molar-refractivity contribution in [3.05, 3.63) is 58.6 Å². The second-order valence-electron chi connectivity index (χ2n) is 5.57. The zero-order valence-electron chi connectivity index (χ0n) is 13.7. The van der Waals surface area contributed by atoms with Gasteiger partial charge < -0.3 is 4.42 Å². The molecule has 0 saturated heterocycles. The van der Waals surface area contributed by atoms with Gasteiger partial charge in [-0.25, -0.2) is 0 Å². The van der Waals surface area contributed by atoms with E-state index in [1.54, 1.807) is 36.0 Å². The molecule has 1 amide bonds. The number of nitrogens with zero attached hydrogens (tertiary/aromatic N) is 2. The van der Waals surface area contributed by atoms with E-state index in [9.17, 15) is 4.79 Å². The molecule has 3 rings (SSSR count). The van der Waals surface area contributed by atoms with E-state index in [0.29, 0.717) is 16.7 Å². The second kappa shape index (κ2) is 7.84. The number of benzene rings is 2. The Morgan fingerprint density at radius 2 is 1.92 bits per heavy atom. The Balaban J connectivity index is 1.74. The number of amides is 1. The molecule has 0 bridgehead atoms. The Morgan fingerprint density at radius 1 is 1.16 bits per heavy atom. The number of hydrogen-bond acceptors (Lipinski definition) is 5. The van der Waals surface area contributed by atoms with E-state index in [1.165, 1.54) is 0 Å². The number of aromatic nitrogens is 2. The van der Waals surface area contributed by atoms with Crippen molar-refractivity contribution in [3.8, 4) is 11.5 Å². The molecule has 1 heterocycles. The van der Waals surface area contributed by atoms with E-state index < -0.39 is 0 Å². The van der Waals surface area contributed by atoms with Crippen LogP contribution in [-0.2, 0) is 0 Å². The van der Waals surface area contributed by atoms with E-state index in [0.717, 1.165) is 14.9 Å². The molecule has 5 nitrogen and oxygen atoms in total. The summed E-state index contributed by atoms with van der Waals surface area (Å²) < 4.78 is 6.48. The van der Waals surface area contributed by atoms with Crippen LogP contribution in [0.2, 0.25) is 0 Å². The van der Waals surface area contributed by atoms with E-state index in [4.69, 9.17) is 4.42 Å². The van der Waals surface area contributed by atoms with Crippen LogP contribution in [0, 0.1) is 0 Å². The number of nitrogens with one attached hydrogen (secondary N) is 1. The molecule has 1 aromatic heterocycles. The van der Waals surface area contributed by atoms with Crippen molar-refractivity contribution in [2.75, 3.05) is 5.32 Å². The minimum absolute atomic E-state index is 0.0739. The van der Waals surface area contributed by atoms with Crippen LogP contribution in [0.1, 0.15) is 24.2 Å². The highest BCUT2D eigenvalue weighted by Crippen LogP contribution is 2.28. The first-order valence-electron chi connectivity index (χ1n) is 7.69. The molecule has 0 fully saturated rings. The monoisotopic (exact) mass is 417 g/mol. The first-order valence-corrected chi connectivity index (χ1v) is 9.36. The van der Waals surface area contributed by atoms with Crippen LogP contribution in [0.25, 0.3) is 11.5 Å². The van der Waals surface area contributed by atoms with Crippen molar-refractivity contribution in [3.63, 3.8) is 0 Å². The summed E-state index contributed by atoms with van der Waals surface area (Å²) in [5.41, 5.74) is 1.33. The zero-order chi connectivity index (χ0) is 17.8. The summed E-state index contributed by atoms with van der Waals surface area (Å²) in [6.45, 7) is 4.28. The fourth-order valence-corrected chi connectivity index (χ4v) is 3.30. The molecule has 0 unspecified atom stereocenters. The van der Waals surface area contributed by atoms with Gasteiger partial charge in [0.1, 0.15) is 0 Å². The molecular weight excluding hydrogens is 402 g/mol. The Hall–Kier alpha value is -2.12. The normalized spacial score (nSPS) is 10.9. The molecule has 0 atom stereocenters. The maximum Gasteiger partial charge on any atom is 0.322 e. The standard InChI is InChI=1S/C18H16BrN3O2S/c1-11(2)25-15-5-3-4-13(10-15)17-21-22-18(24-17)20-16(23)12-6-8-14(19)9-7-12/h3-11H,1-2H3,(H,20,22,23). The summed E-state index contributed by atoms with van der Waals surface area (Å²) in [6, 6.07) is 15.0. The van der Waals surface area contributed by atoms with Gasteiger partial charge in [0.2, 0.25) is 5.89 Å². The van der Waals surface area contributed by atoms with Gasteiger partial charge in [-0.1, -0.05) is 40.9 Å². The minimum atomic E-state index is -0.299. The molecule has 0 aliphatic heterocycles. The Labute approximate surface area is 158 Å². The number of carbonyl (C=O) groups excluding carboxylic acids is 1. The van der Waals surface area contributed by atoms with Crippen LogP contribution in [0.5, 0.6) is 0 Å². The highest BCUT2D eigenvalue weighted by Gasteiger charge is 2.13. The lowest BCUT2D eigenvalue weighted by Gasteiger charge is -2.05. The van der Waals surface area contributed by atoms with Gasteiger partial charge in [-0.15, -0.1) is 16.9 Å². The topological polar surface area (TPSA) is 68.0 Å². The van der Waals surface area contributed by atoms with Crippen LogP contribution >= 0.6 is 27.7 Å². The number of carbonyl (C=O) groups is 1. The van der Waals surface area contributed by atoms with Crippen LogP contribution in [0.3, 0.4) is 0 Å². The molecule has 1 N–H and O–H groups in total. The average Bonchev–Trinajstić information content (AvgIpc) is 3.03. The lowest BCUT2D eigenvalue weighted by atomic mass is 10.2. The SMILES string of the molecule is CC(C)Sc1cccc(-c2nnc(NC(=O)c3ccc(Br)cc3)o2)c1. The van der Waals surface area contributed by atoms with E-state index >= 15 is 0 Å². The van der Waals surface area contributed by atoms with Crippen molar-refractivity contribution in [2.24, 2.45) is 0 Å². The van der Waals surface area contributed by atoms with Crippen LogP contribution in [0.4, 0.5) is 6.01 Å². The first-order chi connectivity index (χ1) is 12.0. The molecule has 0 spiro atoms. The summed E-state index contributed by atoms with van der Waals surface area (Å²) in [5.74, 6) is 0.0733. The van der Waals surface area contributed by atoms with Crippen LogP contribution in [-0.4, -0.2) is 21.4 Å². The van der Waals surface area contributed by atoms with Crippen LogP contribution in [0.15, 0.2) is 62.3 Å². The van der Waals surface area contributed by atoms with Gasteiger partial charge in [0.25, 0.3) is 5.91 Å². The van der Waals surface area contributed by atoms with E-state index in [2.05, 4.69) is 45.3 Å². The van der Waals surface area contributed by atoms with Crippen molar-refractivity contribution in [2.45, 2.75) is 24.0 Å². The number of halogens is 1. The summed E-state index contributed by atoms with van der Waals surface area (Å²) in [7, 11) is 0. The van der Waals surface area contributed by atoms with Gasteiger partial charge in [0.05, 0.1) is 0 Å². The summed E-state index contributed by atoms with van der Waals surface area (Å²) in [6.07, 6.45) is 0. The van der Waals surface area contributed by atoms with E-state index in [-0.39, 0.29) is 11.9 Å². The third kappa shape index (κ3) is 4.70. The molecule has 0 aliphatic rings. The molecular formula is C18H16BrN3O2S. The highest BCUT2D eigenvalue weighted by atomic mass is 79.9. The summed E-state index contributed by atoms with van der Waals surface area (Å²) in [5, 5.41) is 11.0. The predicted molar refractivity (Wildman–Crippen MR) is 103 cm³/mol. The van der Waals surface area contributed by atoms with Crippen molar-refractivity contribution in [1.82, 2.24) is 10.2 Å². The number of anilines is 1. The Morgan fingerprint density at radius 3 is 2.64 bits per heavy atom. The molecule has 2 aromatic carbocycles. The quantitative estimate of drug-likeness (QED) is 0.573. The molecule has 0 aliphatic carbocycles. The average molecular weight is 418 g/mol. The summed E-state index contributed by atoms with van der Waals surface area (Å²) in [4.78, 5) is 13.3. The van der Waals surface area contributed by atoms with Crippen molar-refractivity contribution < 1.29 is 9.21 Å². The zero-order valence-corrected chi connectivity index (χ0v) is 16.1. The van der Waals surface area contributed by atoms with Crippen molar-refractivity contribution in [1.29, 1.82) is 0 Å². The molecule has 7 heteroatoms. The maximum atomic E-state index is 12.2. The third-order valence-corrected chi connectivity index (χ3v) is 4.73. The van der Waals surface area contributed by atoms with Gasteiger partial charge in [-0.05, 0) is 42.5 Å².